The van der Waals surface area contributed by atoms with Gasteiger partial charge in [-0.05, 0) is 83.2 Å². The highest BCUT2D eigenvalue weighted by Gasteiger charge is 2.32. The van der Waals surface area contributed by atoms with Gasteiger partial charge in [0.2, 0.25) is 11.9 Å². The molecule has 0 fully saturated rings. The molecule has 0 saturated carbocycles. The number of Topliss-reactive ketones (excluding diaryl/α,β-unsaturated/α-hetero) is 1. The summed E-state index contributed by atoms with van der Waals surface area (Å²) in [5.74, 6) is -2.50. The Kier molecular flexibility index (Phi) is 13.3. The molecule has 0 unspecified atom stereocenters. The number of rotatable bonds is 15. The van der Waals surface area contributed by atoms with Gasteiger partial charge in [0, 0.05) is 32.8 Å². The topological polar surface area (TPSA) is 111 Å². The van der Waals surface area contributed by atoms with Crippen LogP contribution in [0.15, 0.2) is 84.3 Å². The van der Waals surface area contributed by atoms with E-state index in [0.717, 1.165) is 29.4 Å². The van der Waals surface area contributed by atoms with Crippen molar-refractivity contribution in [2.24, 2.45) is 0 Å². The van der Waals surface area contributed by atoms with Gasteiger partial charge in [-0.3, -0.25) is 14.4 Å². The number of benzene rings is 3. The zero-order chi connectivity index (χ0) is 37.3. The lowest BCUT2D eigenvalue weighted by Gasteiger charge is -2.30. The van der Waals surface area contributed by atoms with Gasteiger partial charge in [-0.15, -0.1) is 11.3 Å². The molecule has 268 valence electrons. The van der Waals surface area contributed by atoms with Gasteiger partial charge in [0.1, 0.15) is 5.75 Å². The van der Waals surface area contributed by atoms with Gasteiger partial charge >= 0.3 is 5.97 Å². The number of amides is 2. The molecule has 0 radical (unpaired) electrons. The number of carbonyl (C=O) groups excluding carboxylic acids is 4. The van der Waals surface area contributed by atoms with Gasteiger partial charge in [-0.25, -0.2) is 4.79 Å². The highest BCUT2D eigenvalue weighted by atomic mass is 35.5. The van der Waals surface area contributed by atoms with E-state index in [4.69, 9.17) is 32.7 Å². The molecule has 0 aliphatic heterocycles. The van der Waals surface area contributed by atoms with E-state index in [9.17, 15) is 19.2 Å². The van der Waals surface area contributed by atoms with Crippen LogP contribution in [-0.2, 0) is 30.0 Å². The molecule has 3 aromatic carbocycles. The number of anilines is 2. The summed E-state index contributed by atoms with van der Waals surface area (Å²) >= 11 is 13.7. The number of halogens is 2. The van der Waals surface area contributed by atoms with E-state index in [1.165, 1.54) is 53.3 Å². The molecule has 1 aromatic heterocycles. The average Bonchev–Trinajstić information content (AvgIpc) is 3.64. The van der Waals surface area contributed by atoms with E-state index < -0.39 is 29.7 Å². The van der Waals surface area contributed by atoms with Crippen LogP contribution in [0.4, 0.5) is 11.4 Å². The molecule has 0 aliphatic carbocycles. The fourth-order valence-corrected chi connectivity index (χ4v) is 5.91. The Morgan fingerprint density at radius 3 is 2.29 bits per heavy atom. The van der Waals surface area contributed by atoms with Crippen molar-refractivity contribution in [2.75, 3.05) is 17.2 Å². The zero-order valence-electron chi connectivity index (χ0n) is 29.5. The summed E-state index contributed by atoms with van der Waals surface area (Å²) < 4.78 is 11.5. The molecule has 1 heterocycles. The SMILES string of the molecule is CCC(C)(C)c1ccc(OCC(=O)Nc2cccc(C(=O)[C@@H](OC(=O)/C=C/c3cccs3)C(=O)Nc3cc(Cl)ccc3Cl)c2)c(C(C)(C)CC)c1. The summed E-state index contributed by atoms with van der Waals surface area (Å²) in [6.07, 6.45) is 2.60. The van der Waals surface area contributed by atoms with E-state index in [0.29, 0.717) is 10.8 Å². The molecule has 0 saturated heterocycles. The minimum atomic E-state index is -1.89. The first-order valence-corrected chi connectivity index (χ1v) is 18.2. The molecular formula is C40H42Cl2N2O6S. The van der Waals surface area contributed by atoms with Crippen molar-refractivity contribution in [1.82, 2.24) is 0 Å². The molecule has 0 bridgehead atoms. The number of nitrogens with one attached hydrogen (secondary N) is 2. The summed E-state index contributed by atoms with van der Waals surface area (Å²) in [5.41, 5.74) is 2.45. The summed E-state index contributed by atoms with van der Waals surface area (Å²) in [4.78, 5) is 53.9. The molecule has 0 spiro atoms. The van der Waals surface area contributed by atoms with Crippen LogP contribution in [0.5, 0.6) is 5.75 Å². The quantitative estimate of drug-likeness (QED) is 0.0542. The third kappa shape index (κ3) is 10.5. The Hall–Kier alpha value is -4.44. The number of hydrogen-bond acceptors (Lipinski definition) is 7. The molecule has 8 nitrogen and oxygen atoms in total. The Labute approximate surface area is 313 Å². The molecule has 11 heteroatoms. The van der Waals surface area contributed by atoms with Gasteiger partial charge in [-0.1, -0.05) is 95.1 Å². The van der Waals surface area contributed by atoms with E-state index in [-0.39, 0.29) is 39.4 Å². The molecule has 1 atom stereocenters. The fourth-order valence-electron chi connectivity index (χ4n) is 4.95. The number of ether oxygens (including phenoxy) is 2. The van der Waals surface area contributed by atoms with Crippen molar-refractivity contribution in [3.05, 3.63) is 116 Å². The Bertz CT molecular complexity index is 1920. The predicted octanol–water partition coefficient (Wildman–Crippen LogP) is 9.89. The van der Waals surface area contributed by atoms with Crippen molar-refractivity contribution in [1.29, 1.82) is 0 Å². The van der Waals surface area contributed by atoms with E-state index in [1.54, 1.807) is 18.2 Å². The summed E-state index contributed by atoms with van der Waals surface area (Å²) in [5, 5.41) is 7.59. The highest BCUT2D eigenvalue weighted by Crippen LogP contribution is 2.38. The molecular weight excluding hydrogens is 707 g/mol. The summed E-state index contributed by atoms with van der Waals surface area (Å²) in [6, 6.07) is 20.2. The molecule has 0 aliphatic rings. The first-order valence-electron chi connectivity index (χ1n) is 16.5. The second-order valence-corrected chi connectivity index (χ2v) is 15.1. The zero-order valence-corrected chi connectivity index (χ0v) is 31.8. The van der Waals surface area contributed by atoms with Crippen LogP contribution in [0, 0.1) is 0 Å². The number of carbonyl (C=O) groups is 4. The van der Waals surface area contributed by atoms with Gasteiger partial charge in [0.05, 0.1) is 10.7 Å². The van der Waals surface area contributed by atoms with Crippen LogP contribution in [0.25, 0.3) is 6.08 Å². The Morgan fingerprint density at radius 1 is 0.863 bits per heavy atom. The minimum Gasteiger partial charge on any atom is -0.483 e. The van der Waals surface area contributed by atoms with Crippen LogP contribution >= 0.6 is 34.5 Å². The standard InChI is InChI=1S/C40H42Cl2N2O6S/c1-7-39(3,4)26-14-18-33(30(22-26)40(5,6)8-2)49-24-34(45)43-28-12-9-11-25(21-28)36(47)37(50-35(46)19-16-29-13-10-20-51-29)38(48)44-32-23-27(41)15-17-31(32)42/h9-23,37H,7-8,24H2,1-6H3,(H,43,45)(H,44,48)/b19-16+/t37-/m1/s1. The van der Waals surface area contributed by atoms with Crippen LogP contribution in [-0.4, -0.2) is 36.3 Å². The van der Waals surface area contributed by atoms with Gasteiger partial charge in [0.25, 0.3) is 11.8 Å². The van der Waals surface area contributed by atoms with Gasteiger partial charge in [-0.2, -0.15) is 0 Å². The maximum absolute atomic E-state index is 13.8. The normalized spacial score (nSPS) is 12.3. The van der Waals surface area contributed by atoms with E-state index in [2.05, 4.69) is 58.2 Å². The first kappa shape index (κ1) is 39.3. The largest absolute Gasteiger partial charge is 0.483 e. The average molecular weight is 750 g/mol. The second kappa shape index (κ2) is 17.2. The monoisotopic (exact) mass is 748 g/mol. The Morgan fingerprint density at radius 2 is 1.61 bits per heavy atom. The van der Waals surface area contributed by atoms with E-state index in [1.807, 2.05) is 23.6 Å². The smallest absolute Gasteiger partial charge is 0.332 e. The van der Waals surface area contributed by atoms with Crippen molar-refractivity contribution in [3.8, 4) is 5.75 Å². The summed E-state index contributed by atoms with van der Waals surface area (Å²) in [7, 11) is 0. The molecule has 4 aromatic rings. The van der Waals surface area contributed by atoms with Crippen molar-refractivity contribution in [3.63, 3.8) is 0 Å². The number of ketones is 1. The lowest BCUT2D eigenvalue weighted by atomic mass is 9.76. The molecule has 2 N–H and O–H groups in total. The molecule has 4 rings (SSSR count). The van der Waals surface area contributed by atoms with Crippen molar-refractivity contribution in [2.45, 2.75) is 71.3 Å². The molecule has 51 heavy (non-hydrogen) atoms. The van der Waals surface area contributed by atoms with Crippen LogP contribution in [0.3, 0.4) is 0 Å². The van der Waals surface area contributed by atoms with Crippen molar-refractivity contribution < 1.29 is 28.7 Å². The maximum Gasteiger partial charge on any atom is 0.332 e. The summed E-state index contributed by atoms with van der Waals surface area (Å²) in [6.45, 7) is 12.7. The fraction of sp³-hybridized carbons (Fsp3) is 0.300. The number of hydrogen-bond donors (Lipinski definition) is 2. The third-order valence-electron chi connectivity index (χ3n) is 8.87. The molecule has 2 amide bonds. The lowest BCUT2D eigenvalue weighted by molar-refractivity contribution is -0.146. The predicted molar refractivity (Wildman–Crippen MR) is 206 cm³/mol. The van der Waals surface area contributed by atoms with Gasteiger partial charge in [0.15, 0.2) is 6.61 Å². The van der Waals surface area contributed by atoms with Crippen LogP contribution in [0.2, 0.25) is 10.0 Å². The minimum absolute atomic E-state index is 0.0158. The first-order chi connectivity index (χ1) is 24.1. The maximum atomic E-state index is 13.8. The van der Waals surface area contributed by atoms with E-state index >= 15 is 0 Å². The third-order valence-corrected chi connectivity index (χ3v) is 10.3. The Balaban J connectivity index is 1.52. The van der Waals surface area contributed by atoms with Crippen LogP contribution in [0.1, 0.15) is 80.7 Å². The second-order valence-electron chi connectivity index (χ2n) is 13.2. The van der Waals surface area contributed by atoms with Gasteiger partial charge < -0.3 is 20.1 Å². The lowest BCUT2D eigenvalue weighted by Crippen LogP contribution is -2.39. The number of esters is 1. The van der Waals surface area contributed by atoms with Crippen molar-refractivity contribution >= 4 is 75.6 Å². The number of thiophene rings is 1. The highest BCUT2D eigenvalue weighted by molar-refractivity contribution is 7.10. The van der Waals surface area contributed by atoms with Crippen LogP contribution < -0.4 is 15.4 Å².